The van der Waals surface area contributed by atoms with Crippen LogP contribution < -0.4 is 20.7 Å². The first-order valence-corrected chi connectivity index (χ1v) is 7.70. The number of rotatable bonds is 5. The van der Waals surface area contributed by atoms with Crippen LogP contribution in [0.4, 0.5) is 10.5 Å². The predicted molar refractivity (Wildman–Crippen MR) is 84.3 cm³/mol. The quantitative estimate of drug-likeness (QED) is 0.840. The van der Waals surface area contributed by atoms with E-state index in [0.717, 1.165) is 11.4 Å². The van der Waals surface area contributed by atoms with Crippen molar-refractivity contribution in [1.29, 1.82) is 0 Å². The molecule has 1 saturated heterocycles. The molecule has 0 spiro atoms. The third-order valence-corrected chi connectivity index (χ3v) is 4.41. The second-order valence-electron chi connectivity index (χ2n) is 6.04. The molecule has 0 atom stereocenters. The van der Waals surface area contributed by atoms with Gasteiger partial charge in [0.1, 0.15) is 11.9 Å². The summed E-state index contributed by atoms with van der Waals surface area (Å²) in [5, 5.41) is 2.99. The van der Waals surface area contributed by atoms with Crippen molar-refractivity contribution >= 4 is 17.7 Å². The van der Waals surface area contributed by atoms with E-state index in [4.69, 9.17) is 15.2 Å². The molecule has 1 saturated carbocycles. The number of nitrogens with two attached hydrogens (primary N) is 1. The van der Waals surface area contributed by atoms with Crippen molar-refractivity contribution in [2.45, 2.75) is 25.0 Å². The minimum atomic E-state index is -0.756. The SMILES string of the molecule is COc1ccc(N2CC(C(=O)N[C@H]3C[C@@H](OC(N)=O)C3)C2)cc1. The Morgan fingerprint density at radius 3 is 2.43 bits per heavy atom. The second kappa shape index (κ2) is 6.36. The average Bonchev–Trinajstić information content (AvgIpc) is 2.43. The zero-order chi connectivity index (χ0) is 16.4. The van der Waals surface area contributed by atoms with Crippen molar-refractivity contribution < 1.29 is 19.1 Å². The summed E-state index contributed by atoms with van der Waals surface area (Å²) in [6.45, 7) is 1.43. The maximum absolute atomic E-state index is 12.1. The van der Waals surface area contributed by atoms with E-state index in [9.17, 15) is 9.59 Å². The Labute approximate surface area is 134 Å². The highest BCUT2D eigenvalue weighted by atomic mass is 16.6. The molecule has 7 heteroatoms. The molecule has 1 aromatic carbocycles. The number of primary amides is 1. The molecule has 1 aliphatic carbocycles. The summed E-state index contributed by atoms with van der Waals surface area (Å²) in [5.74, 6) is 0.895. The lowest BCUT2D eigenvalue weighted by Gasteiger charge is -2.42. The van der Waals surface area contributed by atoms with Gasteiger partial charge in [0.2, 0.25) is 5.91 Å². The Balaban J connectivity index is 1.39. The van der Waals surface area contributed by atoms with Gasteiger partial charge < -0.3 is 25.4 Å². The number of nitrogens with zero attached hydrogens (tertiary/aromatic N) is 1. The number of nitrogens with one attached hydrogen (secondary N) is 1. The fourth-order valence-electron chi connectivity index (χ4n) is 2.91. The van der Waals surface area contributed by atoms with Crippen LogP contribution in [0.5, 0.6) is 5.75 Å². The number of carbonyl (C=O) groups is 2. The number of ether oxygens (including phenoxy) is 2. The minimum Gasteiger partial charge on any atom is -0.497 e. The summed E-state index contributed by atoms with van der Waals surface area (Å²) >= 11 is 0. The van der Waals surface area contributed by atoms with Gasteiger partial charge in [-0.05, 0) is 24.3 Å². The molecule has 1 aliphatic heterocycles. The Morgan fingerprint density at radius 1 is 1.22 bits per heavy atom. The first-order valence-electron chi connectivity index (χ1n) is 7.70. The van der Waals surface area contributed by atoms with Crippen molar-refractivity contribution in [2.24, 2.45) is 11.7 Å². The molecular formula is C16H21N3O4. The molecule has 0 aromatic heterocycles. The highest BCUT2D eigenvalue weighted by molar-refractivity contribution is 5.82. The third kappa shape index (κ3) is 3.49. The Bertz CT molecular complexity index is 577. The van der Waals surface area contributed by atoms with Crippen LogP contribution >= 0.6 is 0 Å². The number of benzene rings is 1. The fourth-order valence-corrected chi connectivity index (χ4v) is 2.91. The smallest absolute Gasteiger partial charge is 0.404 e. The lowest BCUT2D eigenvalue weighted by atomic mass is 9.88. The minimum absolute atomic E-state index is 0.00760. The van der Waals surface area contributed by atoms with Gasteiger partial charge in [-0.15, -0.1) is 0 Å². The van der Waals surface area contributed by atoms with Gasteiger partial charge in [-0.2, -0.15) is 0 Å². The van der Waals surface area contributed by atoms with Crippen molar-refractivity contribution in [1.82, 2.24) is 5.32 Å². The van der Waals surface area contributed by atoms with Crippen LogP contribution in [0, 0.1) is 5.92 Å². The Morgan fingerprint density at radius 2 is 1.87 bits per heavy atom. The van der Waals surface area contributed by atoms with E-state index < -0.39 is 6.09 Å². The van der Waals surface area contributed by atoms with E-state index in [1.165, 1.54) is 0 Å². The molecule has 1 heterocycles. The van der Waals surface area contributed by atoms with E-state index in [1.54, 1.807) is 7.11 Å². The van der Waals surface area contributed by atoms with Gasteiger partial charge in [0, 0.05) is 37.7 Å². The second-order valence-corrected chi connectivity index (χ2v) is 6.04. The zero-order valence-electron chi connectivity index (χ0n) is 13.0. The lowest BCUT2D eigenvalue weighted by molar-refractivity contribution is -0.127. The van der Waals surface area contributed by atoms with E-state index in [2.05, 4.69) is 10.2 Å². The molecule has 3 rings (SSSR count). The fraction of sp³-hybridized carbons (Fsp3) is 0.500. The number of amides is 2. The summed E-state index contributed by atoms with van der Waals surface area (Å²) < 4.78 is 9.99. The van der Waals surface area contributed by atoms with Crippen molar-refractivity contribution in [3.05, 3.63) is 24.3 Å². The van der Waals surface area contributed by atoms with Crippen LogP contribution in [0.25, 0.3) is 0 Å². The molecule has 2 amide bonds. The zero-order valence-corrected chi connectivity index (χ0v) is 13.0. The predicted octanol–water partition coefficient (Wildman–Crippen LogP) is 0.874. The maximum atomic E-state index is 12.1. The molecule has 2 aliphatic rings. The van der Waals surface area contributed by atoms with Gasteiger partial charge >= 0.3 is 6.09 Å². The van der Waals surface area contributed by atoms with Crippen LogP contribution in [0.15, 0.2) is 24.3 Å². The van der Waals surface area contributed by atoms with Crippen molar-refractivity contribution in [2.75, 3.05) is 25.1 Å². The molecule has 2 fully saturated rings. The van der Waals surface area contributed by atoms with Gasteiger partial charge in [-0.3, -0.25) is 4.79 Å². The van der Waals surface area contributed by atoms with Crippen LogP contribution in [0.3, 0.4) is 0 Å². The van der Waals surface area contributed by atoms with E-state index in [1.807, 2.05) is 24.3 Å². The van der Waals surface area contributed by atoms with Gasteiger partial charge in [-0.25, -0.2) is 4.79 Å². The van der Waals surface area contributed by atoms with Gasteiger partial charge in [-0.1, -0.05) is 0 Å². The first kappa shape index (κ1) is 15.5. The van der Waals surface area contributed by atoms with E-state index in [0.29, 0.717) is 25.9 Å². The number of carbonyl (C=O) groups excluding carboxylic acids is 2. The third-order valence-electron chi connectivity index (χ3n) is 4.41. The molecular weight excluding hydrogens is 298 g/mol. The molecule has 3 N–H and O–H groups in total. The van der Waals surface area contributed by atoms with Crippen LogP contribution in [-0.2, 0) is 9.53 Å². The number of methoxy groups -OCH3 is 1. The number of hydrogen-bond acceptors (Lipinski definition) is 5. The lowest BCUT2D eigenvalue weighted by Crippen LogP contribution is -2.57. The van der Waals surface area contributed by atoms with Crippen LogP contribution in [0.2, 0.25) is 0 Å². The highest BCUT2D eigenvalue weighted by Crippen LogP contribution is 2.28. The first-order chi connectivity index (χ1) is 11.0. The van der Waals surface area contributed by atoms with E-state index in [-0.39, 0.29) is 24.0 Å². The molecule has 0 radical (unpaired) electrons. The normalized spacial score (nSPS) is 23.4. The summed E-state index contributed by atoms with van der Waals surface area (Å²) in [6, 6.07) is 7.89. The summed E-state index contributed by atoms with van der Waals surface area (Å²) in [4.78, 5) is 24.9. The number of anilines is 1. The Kier molecular flexibility index (Phi) is 4.27. The van der Waals surface area contributed by atoms with Gasteiger partial charge in [0.25, 0.3) is 0 Å². The standard InChI is InChI=1S/C16H21N3O4/c1-22-13-4-2-12(3-5-13)19-8-10(9-19)15(20)18-11-6-14(7-11)23-16(17)21/h2-5,10-11,14H,6-9H2,1H3,(H2,17,21)(H,18,20)/t11-,14+. The molecule has 1 aromatic rings. The highest BCUT2D eigenvalue weighted by Gasteiger charge is 2.37. The molecule has 0 unspecified atom stereocenters. The maximum Gasteiger partial charge on any atom is 0.404 e. The van der Waals surface area contributed by atoms with Crippen LogP contribution in [0.1, 0.15) is 12.8 Å². The van der Waals surface area contributed by atoms with Crippen LogP contribution in [-0.4, -0.2) is 44.3 Å². The van der Waals surface area contributed by atoms with Gasteiger partial charge in [0.15, 0.2) is 0 Å². The summed E-state index contributed by atoms with van der Waals surface area (Å²) in [5.41, 5.74) is 6.05. The largest absolute Gasteiger partial charge is 0.497 e. The molecule has 124 valence electrons. The van der Waals surface area contributed by atoms with Gasteiger partial charge in [0.05, 0.1) is 13.0 Å². The summed E-state index contributed by atoms with van der Waals surface area (Å²) in [6.07, 6.45) is 0.372. The topological polar surface area (TPSA) is 93.9 Å². The van der Waals surface area contributed by atoms with E-state index >= 15 is 0 Å². The van der Waals surface area contributed by atoms with Crippen molar-refractivity contribution in [3.8, 4) is 5.75 Å². The molecule has 0 bridgehead atoms. The van der Waals surface area contributed by atoms with Crippen molar-refractivity contribution in [3.63, 3.8) is 0 Å². The number of hydrogen-bond donors (Lipinski definition) is 2. The average molecular weight is 319 g/mol. The Hall–Kier alpha value is -2.44. The molecule has 7 nitrogen and oxygen atoms in total. The summed E-state index contributed by atoms with van der Waals surface area (Å²) in [7, 11) is 1.64. The molecule has 23 heavy (non-hydrogen) atoms. The monoisotopic (exact) mass is 319 g/mol.